The molecular formula is C13H12Br2O3. The quantitative estimate of drug-likeness (QED) is 0.866. The number of aliphatic hydroxyl groups excluding tert-OH is 1. The summed E-state index contributed by atoms with van der Waals surface area (Å²) in [6, 6.07) is 7.24. The van der Waals surface area contributed by atoms with Crippen LogP contribution in [0, 0.1) is 0 Å². The molecule has 0 aliphatic rings. The van der Waals surface area contributed by atoms with Crippen molar-refractivity contribution in [2.75, 3.05) is 6.61 Å². The summed E-state index contributed by atoms with van der Waals surface area (Å²) in [6.07, 6.45) is 0.786. The number of ether oxygens (including phenoxy) is 1. The van der Waals surface area contributed by atoms with Crippen LogP contribution in [0.5, 0.6) is 5.75 Å². The van der Waals surface area contributed by atoms with Gasteiger partial charge in [-0.15, -0.1) is 0 Å². The highest BCUT2D eigenvalue weighted by Gasteiger charge is 2.18. The van der Waals surface area contributed by atoms with E-state index in [1.165, 1.54) is 6.26 Å². The molecule has 2 aromatic rings. The minimum absolute atomic E-state index is 0.538. The molecule has 0 amide bonds. The van der Waals surface area contributed by atoms with Crippen LogP contribution in [0.3, 0.4) is 0 Å². The van der Waals surface area contributed by atoms with Gasteiger partial charge < -0.3 is 14.3 Å². The summed E-state index contributed by atoms with van der Waals surface area (Å²) >= 11 is 6.70. The largest absolute Gasteiger partial charge is 0.494 e. The summed E-state index contributed by atoms with van der Waals surface area (Å²) in [6.45, 7) is 2.54. The monoisotopic (exact) mass is 374 g/mol. The lowest BCUT2D eigenvalue weighted by Gasteiger charge is -2.13. The molecule has 0 radical (unpaired) electrons. The van der Waals surface area contributed by atoms with Crippen molar-refractivity contribution < 1.29 is 14.3 Å². The highest BCUT2D eigenvalue weighted by molar-refractivity contribution is 9.10. The molecule has 18 heavy (non-hydrogen) atoms. The van der Waals surface area contributed by atoms with Gasteiger partial charge in [0.2, 0.25) is 0 Å². The van der Waals surface area contributed by atoms with E-state index in [2.05, 4.69) is 31.9 Å². The normalized spacial score (nSPS) is 12.4. The Labute approximate surface area is 122 Å². The minimum Gasteiger partial charge on any atom is -0.494 e. The van der Waals surface area contributed by atoms with Gasteiger partial charge >= 0.3 is 0 Å². The van der Waals surface area contributed by atoms with Crippen LogP contribution in [0.2, 0.25) is 0 Å². The number of hydrogen-bond donors (Lipinski definition) is 1. The molecule has 0 bridgehead atoms. The van der Waals surface area contributed by atoms with E-state index < -0.39 is 6.10 Å². The predicted molar refractivity (Wildman–Crippen MR) is 75.8 cm³/mol. The van der Waals surface area contributed by atoms with Gasteiger partial charge in [-0.25, -0.2) is 0 Å². The highest BCUT2D eigenvalue weighted by atomic mass is 79.9. The second-order valence-corrected chi connectivity index (χ2v) is 5.24. The smallest absolute Gasteiger partial charge is 0.175 e. The Hall–Kier alpha value is -0.780. The number of hydrogen-bond acceptors (Lipinski definition) is 3. The number of benzene rings is 1. The molecule has 0 saturated heterocycles. The maximum Gasteiger partial charge on any atom is 0.175 e. The van der Waals surface area contributed by atoms with Crippen molar-refractivity contribution in [1.29, 1.82) is 0 Å². The van der Waals surface area contributed by atoms with E-state index in [1.54, 1.807) is 6.07 Å². The maximum atomic E-state index is 10.3. The molecule has 1 N–H and O–H groups in total. The van der Waals surface area contributed by atoms with Crippen molar-refractivity contribution in [3.05, 3.63) is 50.8 Å². The van der Waals surface area contributed by atoms with E-state index in [9.17, 15) is 5.11 Å². The van der Waals surface area contributed by atoms with E-state index in [-0.39, 0.29) is 0 Å². The van der Waals surface area contributed by atoms with Gasteiger partial charge in [0, 0.05) is 10.0 Å². The molecule has 0 saturated carbocycles. The third-order valence-corrected chi connectivity index (χ3v) is 3.85. The Morgan fingerprint density at radius 3 is 2.61 bits per heavy atom. The molecule has 2 rings (SSSR count). The van der Waals surface area contributed by atoms with Crippen molar-refractivity contribution >= 4 is 31.9 Å². The zero-order valence-corrected chi connectivity index (χ0v) is 12.9. The topological polar surface area (TPSA) is 42.6 Å². The van der Waals surface area contributed by atoms with Crippen LogP contribution in [0.1, 0.15) is 24.2 Å². The standard InChI is InChI=1S/C13H12Br2O3/c1-2-17-8-3-4-9(11(14)7-8)12(16)10-5-6-18-13(10)15/h3-7,12,16H,2H2,1H3. The fraction of sp³-hybridized carbons (Fsp3) is 0.231. The zero-order valence-electron chi connectivity index (χ0n) is 9.69. The van der Waals surface area contributed by atoms with Crippen molar-refractivity contribution in [3.63, 3.8) is 0 Å². The number of aliphatic hydroxyl groups is 1. The van der Waals surface area contributed by atoms with Gasteiger partial charge in [-0.1, -0.05) is 22.0 Å². The number of halogens is 2. The fourth-order valence-electron chi connectivity index (χ4n) is 1.65. The van der Waals surface area contributed by atoms with Crippen LogP contribution in [0.25, 0.3) is 0 Å². The molecule has 5 heteroatoms. The fourth-order valence-corrected chi connectivity index (χ4v) is 2.68. The summed E-state index contributed by atoms with van der Waals surface area (Å²) in [7, 11) is 0. The molecule has 3 nitrogen and oxygen atoms in total. The Morgan fingerprint density at radius 1 is 1.28 bits per heavy atom. The summed E-state index contributed by atoms with van der Waals surface area (Å²) in [5.74, 6) is 0.770. The van der Waals surface area contributed by atoms with Crippen molar-refractivity contribution in [1.82, 2.24) is 0 Å². The summed E-state index contributed by atoms with van der Waals surface area (Å²) in [5, 5.41) is 10.3. The van der Waals surface area contributed by atoms with Gasteiger partial charge in [-0.3, -0.25) is 0 Å². The van der Waals surface area contributed by atoms with Gasteiger partial charge in [0.15, 0.2) is 4.67 Å². The molecule has 1 unspecified atom stereocenters. The summed E-state index contributed by atoms with van der Waals surface area (Å²) in [4.78, 5) is 0. The molecule has 96 valence electrons. The highest BCUT2D eigenvalue weighted by Crippen LogP contribution is 2.34. The van der Waals surface area contributed by atoms with Crippen molar-refractivity contribution in [2.45, 2.75) is 13.0 Å². The minimum atomic E-state index is -0.747. The Bertz CT molecular complexity index is 537. The third-order valence-electron chi connectivity index (χ3n) is 2.52. The predicted octanol–water partition coefficient (Wildman–Crippen LogP) is 4.29. The van der Waals surface area contributed by atoms with E-state index in [0.717, 1.165) is 15.8 Å². The first-order valence-electron chi connectivity index (χ1n) is 5.46. The van der Waals surface area contributed by atoms with E-state index in [1.807, 2.05) is 25.1 Å². The molecule has 0 aliphatic carbocycles. The van der Waals surface area contributed by atoms with Gasteiger partial charge in [-0.2, -0.15) is 0 Å². The van der Waals surface area contributed by atoms with Gasteiger partial charge in [-0.05, 0) is 46.6 Å². The average Bonchev–Trinajstić information content (AvgIpc) is 2.75. The van der Waals surface area contributed by atoms with E-state index in [0.29, 0.717) is 16.8 Å². The van der Waals surface area contributed by atoms with Gasteiger partial charge in [0.1, 0.15) is 11.9 Å². The van der Waals surface area contributed by atoms with E-state index >= 15 is 0 Å². The van der Waals surface area contributed by atoms with Gasteiger partial charge in [0.25, 0.3) is 0 Å². The average molecular weight is 376 g/mol. The van der Waals surface area contributed by atoms with Crippen LogP contribution >= 0.6 is 31.9 Å². The van der Waals surface area contributed by atoms with Crippen LogP contribution in [-0.4, -0.2) is 11.7 Å². The molecule has 1 aromatic heterocycles. The second-order valence-electron chi connectivity index (χ2n) is 3.67. The molecule has 1 atom stereocenters. The van der Waals surface area contributed by atoms with Crippen LogP contribution in [-0.2, 0) is 0 Å². The first-order valence-corrected chi connectivity index (χ1v) is 7.05. The molecule has 0 spiro atoms. The van der Waals surface area contributed by atoms with Crippen LogP contribution in [0.15, 0.2) is 44.1 Å². The number of furan rings is 1. The zero-order chi connectivity index (χ0) is 13.1. The molecular weight excluding hydrogens is 364 g/mol. The Morgan fingerprint density at radius 2 is 2.06 bits per heavy atom. The SMILES string of the molecule is CCOc1ccc(C(O)c2ccoc2Br)c(Br)c1. The Kier molecular flexibility index (Phi) is 4.48. The lowest BCUT2D eigenvalue weighted by atomic mass is 10.0. The summed E-state index contributed by atoms with van der Waals surface area (Å²) in [5.41, 5.74) is 1.46. The first kappa shape index (κ1) is 13.6. The first-order chi connectivity index (χ1) is 8.63. The third kappa shape index (κ3) is 2.79. The molecule has 0 fully saturated rings. The molecule has 0 aliphatic heterocycles. The van der Waals surface area contributed by atoms with Crippen molar-refractivity contribution in [2.24, 2.45) is 0 Å². The number of rotatable bonds is 4. The van der Waals surface area contributed by atoms with Crippen molar-refractivity contribution in [3.8, 4) is 5.75 Å². The van der Waals surface area contributed by atoms with Crippen LogP contribution in [0.4, 0.5) is 0 Å². The maximum absolute atomic E-state index is 10.3. The van der Waals surface area contributed by atoms with Crippen LogP contribution < -0.4 is 4.74 Å². The Balaban J connectivity index is 2.31. The van der Waals surface area contributed by atoms with E-state index in [4.69, 9.17) is 9.15 Å². The lowest BCUT2D eigenvalue weighted by Crippen LogP contribution is -2.01. The van der Waals surface area contributed by atoms with Gasteiger partial charge in [0.05, 0.1) is 12.9 Å². The molecule has 1 aromatic carbocycles. The molecule has 1 heterocycles. The lowest BCUT2D eigenvalue weighted by molar-refractivity contribution is 0.217. The second kappa shape index (κ2) is 5.91. The summed E-state index contributed by atoms with van der Waals surface area (Å²) < 4.78 is 11.9.